The van der Waals surface area contributed by atoms with Crippen LogP contribution in [0.1, 0.15) is 28.1 Å². The SMILES string of the molecule is Cc1ccc(CCC(=O)c2ccc(-c3ccc(O)cc3)o2)cc1. The highest BCUT2D eigenvalue weighted by Crippen LogP contribution is 2.24. The van der Waals surface area contributed by atoms with Crippen LogP contribution in [0.25, 0.3) is 11.3 Å². The number of ketones is 1. The summed E-state index contributed by atoms with van der Waals surface area (Å²) in [4.78, 5) is 12.2. The van der Waals surface area contributed by atoms with Crippen LogP contribution < -0.4 is 0 Å². The first-order chi connectivity index (χ1) is 11.1. The van der Waals surface area contributed by atoms with Gasteiger partial charge in [-0.25, -0.2) is 0 Å². The predicted molar refractivity (Wildman–Crippen MR) is 89.6 cm³/mol. The molecule has 1 N–H and O–H groups in total. The molecular formula is C20H18O3. The van der Waals surface area contributed by atoms with Gasteiger partial charge >= 0.3 is 0 Å². The Kier molecular flexibility index (Phi) is 4.29. The number of phenolic OH excluding ortho intramolecular Hbond substituents is 1. The number of phenols is 1. The van der Waals surface area contributed by atoms with Gasteiger partial charge in [-0.3, -0.25) is 4.79 Å². The van der Waals surface area contributed by atoms with E-state index in [4.69, 9.17) is 4.42 Å². The summed E-state index contributed by atoms with van der Waals surface area (Å²) in [6, 6.07) is 18.4. The molecule has 0 saturated heterocycles. The molecule has 0 aliphatic heterocycles. The van der Waals surface area contributed by atoms with Crippen LogP contribution in [0.3, 0.4) is 0 Å². The van der Waals surface area contributed by atoms with Crippen molar-refractivity contribution >= 4 is 5.78 Å². The molecule has 0 spiro atoms. The standard InChI is InChI=1S/C20H18O3/c1-14-2-4-15(5-3-14)6-11-18(22)20-13-12-19(23-20)16-7-9-17(21)10-8-16/h2-5,7-10,12-13,21H,6,11H2,1H3. The Balaban J connectivity index is 1.66. The summed E-state index contributed by atoms with van der Waals surface area (Å²) in [5, 5.41) is 9.31. The first kappa shape index (κ1) is 15.1. The number of furan rings is 1. The summed E-state index contributed by atoms with van der Waals surface area (Å²) >= 11 is 0. The third-order valence-electron chi connectivity index (χ3n) is 3.79. The fraction of sp³-hybridized carbons (Fsp3) is 0.150. The Labute approximate surface area is 135 Å². The first-order valence-electron chi connectivity index (χ1n) is 7.60. The highest BCUT2D eigenvalue weighted by atomic mass is 16.3. The smallest absolute Gasteiger partial charge is 0.198 e. The van der Waals surface area contributed by atoms with Gasteiger partial charge in [-0.15, -0.1) is 0 Å². The average molecular weight is 306 g/mol. The van der Waals surface area contributed by atoms with E-state index in [-0.39, 0.29) is 11.5 Å². The van der Waals surface area contributed by atoms with E-state index in [9.17, 15) is 9.90 Å². The predicted octanol–water partition coefficient (Wildman–Crippen LogP) is 4.78. The van der Waals surface area contributed by atoms with Crippen LogP contribution in [0.4, 0.5) is 0 Å². The molecule has 0 fully saturated rings. The van der Waals surface area contributed by atoms with Crippen LogP contribution in [0.2, 0.25) is 0 Å². The second-order valence-electron chi connectivity index (χ2n) is 5.62. The van der Waals surface area contributed by atoms with Crippen molar-refractivity contribution in [1.29, 1.82) is 0 Å². The molecule has 3 nitrogen and oxygen atoms in total. The summed E-state index contributed by atoms with van der Waals surface area (Å²) in [5.41, 5.74) is 3.19. The van der Waals surface area contributed by atoms with Crippen LogP contribution in [0, 0.1) is 6.92 Å². The lowest BCUT2D eigenvalue weighted by Gasteiger charge is -2.01. The van der Waals surface area contributed by atoms with Gasteiger partial charge in [0, 0.05) is 12.0 Å². The largest absolute Gasteiger partial charge is 0.508 e. The van der Waals surface area contributed by atoms with Crippen molar-refractivity contribution in [3.05, 3.63) is 77.6 Å². The first-order valence-corrected chi connectivity index (χ1v) is 7.60. The number of carbonyl (C=O) groups excluding carboxylic acids is 1. The molecule has 0 aliphatic carbocycles. The van der Waals surface area contributed by atoms with Crippen molar-refractivity contribution < 1.29 is 14.3 Å². The number of Topliss-reactive ketones (excluding diaryl/α,β-unsaturated/α-hetero) is 1. The highest BCUT2D eigenvalue weighted by Gasteiger charge is 2.12. The molecule has 0 radical (unpaired) electrons. The van der Waals surface area contributed by atoms with Gasteiger partial charge in [-0.1, -0.05) is 29.8 Å². The Hall–Kier alpha value is -2.81. The fourth-order valence-corrected chi connectivity index (χ4v) is 2.40. The Morgan fingerprint density at radius 1 is 0.957 bits per heavy atom. The van der Waals surface area contributed by atoms with Crippen molar-refractivity contribution in [1.82, 2.24) is 0 Å². The molecule has 0 bridgehead atoms. The van der Waals surface area contributed by atoms with Crippen molar-refractivity contribution in [3.8, 4) is 17.1 Å². The van der Waals surface area contributed by atoms with E-state index in [0.29, 0.717) is 24.4 Å². The lowest BCUT2D eigenvalue weighted by molar-refractivity contribution is 0.0957. The number of aryl methyl sites for hydroxylation is 2. The molecule has 2 aromatic carbocycles. The number of carbonyl (C=O) groups is 1. The van der Waals surface area contributed by atoms with Crippen LogP contribution in [0.15, 0.2) is 65.1 Å². The molecule has 0 saturated carbocycles. The normalized spacial score (nSPS) is 10.7. The molecule has 3 heteroatoms. The minimum atomic E-state index is -0.00407. The van der Waals surface area contributed by atoms with E-state index < -0.39 is 0 Å². The molecule has 0 atom stereocenters. The van der Waals surface area contributed by atoms with Crippen LogP contribution in [-0.2, 0) is 6.42 Å². The van der Waals surface area contributed by atoms with E-state index in [2.05, 4.69) is 12.1 Å². The number of aromatic hydroxyl groups is 1. The number of rotatable bonds is 5. The summed E-state index contributed by atoms with van der Waals surface area (Å²) in [6.45, 7) is 2.04. The van der Waals surface area contributed by atoms with Gasteiger partial charge in [0.15, 0.2) is 11.5 Å². The van der Waals surface area contributed by atoms with Gasteiger partial charge in [0.05, 0.1) is 0 Å². The molecule has 0 unspecified atom stereocenters. The highest BCUT2D eigenvalue weighted by molar-refractivity contribution is 5.94. The molecule has 3 aromatic rings. The van der Waals surface area contributed by atoms with Gasteiger partial charge in [-0.05, 0) is 55.3 Å². The zero-order valence-electron chi connectivity index (χ0n) is 13.0. The van der Waals surface area contributed by atoms with Gasteiger partial charge in [-0.2, -0.15) is 0 Å². The summed E-state index contributed by atoms with van der Waals surface area (Å²) in [6.07, 6.45) is 1.12. The lowest BCUT2D eigenvalue weighted by atomic mass is 10.1. The van der Waals surface area contributed by atoms with Crippen LogP contribution in [0.5, 0.6) is 5.75 Å². The number of hydrogen-bond donors (Lipinski definition) is 1. The quantitative estimate of drug-likeness (QED) is 0.690. The Bertz CT molecular complexity index is 796. The topological polar surface area (TPSA) is 50.4 Å². The van der Waals surface area contributed by atoms with Crippen molar-refractivity contribution in [2.45, 2.75) is 19.8 Å². The van der Waals surface area contributed by atoms with E-state index in [0.717, 1.165) is 11.1 Å². The minimum Gasteiger partial charge on any atom is -0.508 e. The second-order valence-corrected chi connectivity index (χ2v) is 5.62. The summed E-state index contributed by atoms with van der Waals surface area (Å²) in [7, 11) is 0. The Morgan fingerprint density at radius 3 is 2.35 bits per heavy atom. The number of benzene rings is 2. The van der Waals surface area contributed by atoms with Gasteiger partial charge in [0.2, 0.25) is 0 Å². The lowest BCUT2D eigenvalue weighted by Crippen LogP contribution is -1.99. The van der Waals surface area contributed by atoms with Crippen LogP contribution in [-0.4, -0.2) is 10.9 Å². The van der Waals surface area contributed by atoms with E-state index >= 15 is 0 Å². The fourth-order valence-electron chi connectivity index (χ4n) is 2.40. The average Bonchev–Trinajstić information content (AvgIpc) is 3.05. The zero-order valence-corrected chi connectivity index (χ0v) is 13.0. The summed E-state index contributed by atoms with van der Waals surface area (Å²) < 4.78 is 5.65. The van der Waals surface area contributed by atoms with E-state index in [1.54, 1.807) is 36.4 Å². The molecule has 3 rings (SSSR count). The van der Waals surface area contributed by atoms with E-state index in [1.807, 2.05) is 19.1 Å². The third-order valence-corrected chi connectivity index (χ3v) is 3.79. The maximum absolute atomic E-state index is 12.2. The monoisotopic (exact) mass is 306 g/mol. The van der Waals surface area contributed by atoms with Gasteiger partial charge in [0.1, 0.15) is 11.5 Å². The summed E-state index contributed by atoms with van der Waals surface area (Å²) in [5.74, 6) is 1.20. The van der Waals surface area contributed by atoms with Crippen molar-refractivity contribution in [3.63, 3.8) is 0 Å². The number of hydrogen-bond acceptors (Lipinski definition) is 3. The minimum absolute atomic E-state index is 0.00407. The Morgan fingerprint density at radius 2 is 1.65 bits per heavy atom. The molecule has 0 aliphatic rings. The molecule has 116 valence electrons. The van der Waals surface area contributed by atoms with Crippen LogP contribution >= 0.6 is 0 Å². The molecule has 1 heterocycles. The van der Waals surface area contributed by atoms with Crippen molar-refractivity contribution in [2.24, 2.45) is 0 Å². The molecular weight excluding hydrogens is 288 g/mol. The second kappa shape index (κ2) is 6.53. The van der Waals surface area contributed by atoms with Gasteiger partial charge < -0.3 is 9.52 Å². The van der Waals surface area contributed by atoms with Crippen molar-refractivity contribution in [2.75, 3.05) is 0 Å². The van der Waals surface area contributed by atoms with Gasteiger partial charge in [0.25, 0.3) is 0 Å². The zero-order chi connectivity index (χ0) is 16.2. The maximum atomic E-state index is 12.2. The molecule has 23 heavy (non-hydrogen) atoms. The van der Waals surface area contributed by atoms with E-state index in [1.165, 1.54) is 5.56 Å². The third kappa shape index (κ3) is 3.69. The molecule has 1 aromatic heterocycles. The molecule has 0 amide bonds. The maximum Gasteiger partial charge on any atom is 0.198 e.